The van der Waals surface area contributed by atoms with E-state index in [1.54, 1.807) is 0 Å². The SMILES string of the molecule is CC1COCC1OC1(CBr)CCCCCC1. The van der Waals surface area contributed by atoms with Crippen LogP contribution in [0.15, 0.2) is 0 Å². The van der Waals surface area contributed by atoms with Crippen molar-refractivity contribution in [1.82, 2.24) is 0 Å². The zero-order valence-electron chi connectivity index (χ0n) is 10.2. The second-order valence-electron chi connectivity index (χ2n) is 5.40. The van der Waals surface area contributed by atoms with E-state index in [-0.39, 0.29) is 5.60 Å². The van der Waals surface area contributed by atoms with Crippen molar-refractivity contribution in [2.75, 3.05) is 18.5 Å². The van der Waals surface area contributed by atoms with Gasteiger partial charge < -0.3 is 9.47 Å². The minimum absolute atomic E-state index is 0.0864. The standard InChI is InChI=1S/C13H23BrO2/c1-11-8-15-9-12(11)16-13(10-14)6-4-2-3-5-7-13/h11-12H,2-10H2,1H3. The molecule has 2 nitrogen and oxygen atoms in total. The molecule has 0 N–H and O–H groups in total. The van der Waals surface area contributed by atoms with Crippen LogP contribution in [0.5, 0.6) is 0 Å². The van der Waals surface area contributed by atoms with Crippen molar-refractivity contribution >= 4 is 15.9 Å². The second kappa shape index (κ2) is 5.83. The van der Waals surface area contributed by atoms with Gasteiger partial charge in [0.15, 0.2) is 0 Å². The molecule has 1 aliphatic heterocycles. The number of halogens is 1. The number of rotatable bonds is 3. The minimum Gasteiger partial charge on any atom is -0.378 e. The number of ether oxygens (including phenoxy) is 2. The van der Waals surface area contributed by atoms with Gasteiger partial charge in [-0.3, -0.25) is 0 Å². The van der Waals surface area contributed by atoms with E-state index in [2.05, 4.69) is 22.9 Å². The molecule has 2 fully saturated rings. The van der Waals surface area contributed by atoms with E-state index in [9.17, 15) is 0 Å². The molecule has 1 heterocycles. The van der Waals surface area contributed by atoms with E-state index in [1.807, 2.05) is 0 Å². The van der Waals surface area contributed by atoms with Crippen LogP contribution in [-0.2, 0) is 9.47 Å². The maximum atomic E-state index is 6.41. The summed E-state index contributed by atoms with van der Waals surface area (Å²) in [5.74, 6) is 0.555. The van der Waals surface area contributed by atoms with Crippen molar-refractivity contribution in [2.45, 2.75) is 57.2 Å². The highest BCUT2D eigenvalue weighted by Crippen LogP contribution is 2.35. The number of hydrogen-bond donors (Lipinski definition) is 0. The highest BCUT2D eigenvalue weighted by Gasteiger charge is 2.37. The normalized spacial score (nSPS) is 34.9. The van der Waals surface area contributed by atoms with Crippen LogP contribution in [0.4, 0.5) is 0 Å². The average molecular weight is 291 g/mol. The van der Waals surface area contributed by atoms with Gasteiger partial charge in [0.2, 0.25) is 0 Å². The van der Waals surface area contributed by atoms with Gasteiger partial charge in [-0.05, 0) is 12.8 Å². The van der Waals surface area contributed by atoms with Crippen molar-refractivity contribution in [1.29, 1.82) is 0 Å². The quantitative estimate of drug-likeness (QED) is 0.585. The molecule has 2 rings (SSSR count). The van der Waals surface area contributed by atoms with Crippen molar-refractivity contribution in [3.63, 3.8) is 0 Å². The highest BCUT2D eigenvalue weighted by atomic mass is 79.9. The lowest BCUT2D eigenvalue weighted by Gasteiger charge is -2.35. The van der Waals surface area contributed by atoms with E-state index in [1.165, 1.54) is 38.5 Å². The molecule has 0 aromatic carbocycles. The summed E-state index contributed by atoms with van der Waals surface area (Å²) in [5.41, 5.74) is 0.0864. The number of hydrogen-bond acceptors (Lipinski definition) is 2. The first-order chi connectivity index (χ1) is 7.76. The van der Waals surface area contributed by atoms with Crippen LogP contribution in [0.1, 0.15) is 45.4 Å². The van der Waals surface area contributed by atoms with Crippen LogP contribution in [-0.4, -0.2) is 30.2 Å². The van der Waals surface area contributed by atoms with Gasteiger partial charge in [0.25, 0.3) is 0 Å². The van der Waals surface area contributed by atoms with Crippen molar-refractivity contribution < 1.29 is 9.47 Å². The molecule has 0 aromatic heterocycles. The molecule has 0 amide bonds. The Morgan fingerprint density at radius 2 is 1.88 bits per heavy atom. The molecule has 1 saturated carbocycles. The van der Waals surface area contributed by atoms with E-state index < -0.39 is 0 Å². The van der Waals surface area contributed by atoms with Crippen LogP contribution in [0, 0.1) is 5.92 Å². The van der Waals surface area contributed by atoms with Gasteiger partial charge in [0.05, 0.1) is 24.9 Å². The third kappa shape index (κ3) is 2.99. The maximum absolute atomic E-state index is 6.41. The van der Waals surface area contributed by atoms with Gasteiger partial charge in [-0.1, -0.05) is 48.5 Å². The Bertz CT molecular complexity index is 212. The zero-order valence-corrected chi connectivity index (χ0v) is 11.8. The van der Waals surface area contributed by atoms with Crippen molar-refractivity contribution in [3.05, 3.63) is 0 Å². The molecule has 2 unspecified atom stereocenters. The van der Waals surface area contributed by atoms with Gasteiger partial charge in [0.1, 0.15) is 0 Å². The molecule has 16 heavy (non-hydrogen) atoms. The fourth-order valence-corrected chi connectivity index (χ4v) is 3.46. The Balaban J connectivity index is 1.96. The first kappa shape index (κ1) is 12.8. The molecule has 2 atom stereocenters. The molecule has 94 valence electrons. The van der Waals surface area contributed by atoms with Crippen LogP contribution < -0.4 is 0 Å². The Labute approximate surface area is 107 Å². The summed E-state index contributed by atoms with van der Waals surface area (Å²) in [4.78, 5) is 0. The fourth-order valence-electron chi connectivity index (χ4n) is 2.77. The van der Waals surface area contributed by atoms with Gasteiger partial charge in [0, 0.05) is 11.2 Å². The zero-order chi connectivity index (χ0) is 11.4. The Kier molecular flexibility index (Phi) is 4.68. The topological polar surface area (TPSA) is 18.5 Å². The largest absolute Gasteiger partial charge is 0.378 e. The predicted octanol–water partition coefficient (Wildman–Crippen LogP) is 3.53. The maximum Gasteiger partial charge on any atom is 0.0863 e. The van der Waals surface area contributed by atoms with Crippen LogP contribution in [0.25, 0.3) is 0 Å². The molecule has 0 aromatic rings. The van der Waals surface area contributed by atoms with E-state index in [0.29, 0.717) is 12.0 Å². The first-order valence-electron chi connectivity index (χ1n) is 6.57. The molecule has 0 bridgehead atoms. The monoisotopic (exact) mass is 290 g/mol. The summed E-state index contributed by atoms with van der Waals surface area (Å²) in [6, 6.07) is 0. The average Bonchev–Trinajstić information content (AvgIpc) is 2.56. The molecular formula is C13H23BrO2. The summed E-state index contributed by atoms with van der Waals surface area (Å²) in [6.07, 6.45) is 8.10. The van der Waals surface area contributed by atoms with Gasteiger partial charge in [-0.15, -0.1) is 0 Å². The smallest absolute Gasteiger partial charge is 0.0863 e. The Hall–Kier alpha value is 0.400. The van der Waals surface area contributed by atoms with E-state index in [4.69, 9.17) is 9.47 Å². The molecule has 1 aliphatic carbocycles. The lowest BCUT2D eigenvalue weighted by atomic mass is 9.95. The van der Waals surface area contributed by atoms with Gasteiger partial charge in [-0.25, -0.2) is 0 Å². The molecule has 0 spiro atoms. The summed E-state index contributed by atoms with van der Waals surface area (Å²) in [7, 11) is 0. The van der Waals surface area contributed by atoms with E-state index >= 15 is 0 Å². The molecule has 1 saturated heterocycles. The fraction of sp³-hybridized carbons (Fsp3) is 1.00. The van der Waals surface area contributed by atoms with Gasteiger partial charge >= 0.3 is 0 Å². The van der Waals surface area contributed by atoms with Crippen LogP contribution >= 0.6 is 15.9 Å². The Morgan fingerprint density at radius 1 is 1.19 bits per heavy atom. The van der Waals surface area contributed by atoms with E-state index in [0.717, 1.165) is 18.5 Å². The van der Waals surface area contributed by atoms with Crippen LogP contribution in [0.3, 0.4) is 0 Å². The second-order valence-corrected chi connectivity index (χ2v) is 5.96. The summed E-state index contributed by atoms with van der Waals surface area (Å²) in [5, 5.41) is 0.975. The molecular weight excluding hydrogens is 268 g/mol. The molecule has 2 aliphatic rings. The first-order valence-corrected chi connectivity index (χ1v) is 7.69. The summed E-state index contributed by atoms with van der Waals surface area (Å²) < 4.78 is 11.9. The third-order valence-electron chi connectivity index (χ3n) is 3.96. The van der Waals surface area contributed by atoms with Gasteiger partial charge in [-0.2, -0.15) is 0 Å². The Morgan fingerprint density at radius 3 is 2.38 bits per heavy atom. The molecule has 3 heteroatoms. The summed E-state index contributed by atoms with van der Waals surface area (Å²) >= 11 is 3.66. The lowest BCUT2D eigenvalue weighted by Crippen LogP contribution is -2.40. The lowest BCUT2D eigenvalue weighted by molar-refractivity contribution is -0.0977. The number of alkyl halides is 1. The highest BCUT2D eigenvalue weighted by molar-refractivity contribution is 9.09. The van der Waals surface area contributed by atoms with Crippen molar-refractivity contribution in [3.8, 4) is 0 Å². The van der Waals surface area contributed by atoms with Crippen LogP contribution in [0.2, 0.25) is 0 Å². The minimum atomic E-state index is 0.0864. The molecule has 0 radical (unpaired) electrons. The summed E-state index contributed by atoms with van der Waals surface area (Å²) in [6.45, 7) is 3.88. The predicted molar refractivity (Wildman–Crippen MR) is 69.1 cm³/mol. The van der Waals surface area contributed by atoms with Crippen molar-refractivity contribution in [2.24, 2.45) is 5.92 Å². The third-order valence-corrected chi connectivity index (χ3v) is 4.98.